The highest BCUT2D eigenvalue weighted by molar-refractivity contribution is 6.03. The minimum Gasteiger partial charge on any atom is -0.466 e. The predicted molar refractivity (Wildman–Crippen MR) is 131 cm³/mol. The van der Waals surface area contributed by atoms with E-state index < -0.39 is 35.0 Å². The molecule has 2 N–H and O–H groups in total. The van der Waals surface area contributed by atoms with Crippen LogP contribution in [0.2, 0.25) is 0 Å². The number of carbonyl (C=O) groups is 3. The fourth-order valence-electron chi connectivity index (χ4n) is 6.49. The molecule has 3 saturated heterocycles. The third-order valence-electron chi connectivity index (χ3n) is 8.18. The molecule has 8 nitrogen and oxygen atoms in total. The van der Waals surface area contributed by atoms with Crippen LogP contribution in [-0.4, -0.2) is 64.8 Å². The molecular formula is C27H38N2O6. The molecule has 5 atom stereocenters. The number of aryl methyl sites for hydroxylation is 2. The number of ether oxygens (including phenoxy) is 2. The van der Waals surface area contributed by atoms with E-state index in [4.69, 9.17) is 14.6 Å². The molecule has 0 saturated carbocycles. The third-order valence-corrected chi connectivity index (χ3v) is 8.18. The number of unbranched alkanes of at least 4 members (excludes halogenated alkanes) is 2. The van der Waals surface area contributed by atoms with E-state index in [1.807, 2.05) is 39.0 Å². The lowest BCUT2D eigenvalue weighted by atomic mass is 9.65. The first-order valence-corrected chi connectivity index (χ1v) is 12.9. The number of fused-ring (bicyclic) bond motifs is 1. The fourth-order valence-corrected chi connectivity index (χ4v) is 6.49. The lowest BCUT2D eigenvalue weighted by molar-refractivity contribution is -0.160. The molecular weight excluding hydrogens is 448 g/mol. The lowest BCUT2D eigenvalue weighted by Gasteiger charge is -2.33. The number of carbonyl (C=O) groups excluding carboxylic acids is 3. The Hall–Kier alpha value is -2.45. The molecule has 0 radical (unpaired) electrons. The van der Waals surface area contributed by atoms with Crippen molar-refractivity contribution in [2.75, 3.05) is 25.1 Å². The molecule has 0 aromatic heterocycles. The van der Waals surface area contributed by atoms with Gasteiger partial charge in [0.2, 0.25) is 11.8 Å². The molecule has 1 spiro atoms. The summed E-state index contributed by atoms with van der Waals surface area (Å²) in [5.74, 6) is -2.35. The minimum absolute atomic E-state index is 0.0874. The largest absolute Gasteiger partial charge is 0.466 e. The van der Waals surface area contributed by atoms with Crippen LogP contribution in [0.4, 0.5) is 5.69 Å². The second kappa shape index (κ2) is 9.90. The smallest absolute Gasteiger partial charge is 0.312 e. The maximum absolute atomic E-state index is 13.9. The Kier molecular flexibility index (Phi) is 7.25. The number of benzene rings is 1. The first-order valence-electron chi connectivity index (χ1n) is 12.9. The number of esters is 1. The van der Waals surface area contributed by atoms with Gasteiger partial charge in [-0.2, -0.15) is 0 Å². The van der Waals surface area contributed by atoms with Crippen LogP contribution in [0, 0.1) is 25.7 Å². The SMILES string of the molecule is CCOC(=O)[C@@H]1[C@H]2C(=O)N(CCCCCO)C(C(=O)Nc3cc(C)ccc3C)C23CC[C@@]1(CC)O3. The molecule has 35 heavy (non-hydrogen) atoms. The van der Waals surface area contributed by atoms with Gasteiger partial charge in [0.1, 0.15) is 17.6 Å². The molecule has 3 heterocycles. The molecule has 3 aliphatic heterocycles. The van der Waals surface area contributed by atoms with Crippen LogP contribution < -0.4 is 5.32 Å². The van der Waals surface area contributed by atoms with Crippen LogP contribution in [0.3, 0.4) is 0 Å². The number of amides is 2. The highest BCUT2D eigenvalue weighted by Crippen LogP contribution is 2.64. The van der Waals surface area contributed by atoms with Gasteiger partial charge in [-0.1, -0.05) is 19.1 Å². The van der Waals surface area contributed by atoms with Gasteiger partial charge in [0.05, 0.1) is 18.1 Å². The van der Waals surface area contributed by atoms with Crippen LogP contribution in [0.25, 0.3) is 0 Å². The van der Waals surface area contributed by atoms with Gasteiger partial charge in [0.25, 0.3) is 0 Å². The topological polar surface area (TPSA) is 105 Å². The second-order valence-corrected chi connectivity index (χ2v) is 10.2. The van der Waals surface area contributed by atoms with Crippen molar-refractivity contribution in [3.8, 4) is 0 Å². The zero-order valence-corrected chi connectivity index (χ0v) is 21.3. The summed E-state index contributed by atoms with van der Waals surface area (Å²) in [6.45, 7) is 8.31. The summed E-state index contributed by atoms with van der Waals surface area (Å²) < 4.78 is 12.1. The van der Waals surface area contributed by atoms with Crippen LogP contribution in [0.15, 0.2) is 18.2 Å². The summed E-state index contributed by atoms with van der Waals surface area (Å²) in [4.78, 5) is 42.6. The van der Waals surface area contributed by atoms with Gasteiger partial charge in [-0.3, -0.25) is 14.4 Å². The predicted octanol–water partition coefficient (Wildman–Crippen LogP) is 3.12. The molecule has 2 unspecified atom stereocenters. The van der Waals surface area contributed by atoms with Crippen molar-refractivity contribution in [3.05, 3.63) is 29.3 Å². The number of hydrogen-bond acceptors (Lipinski definition) is 6. The normalized spacial score (nSPS) is 31.1. The van der Waals surface area contributed by atoms with E-state index in [1.165, 1.54) is 0 Å². The lowest BCUT2D eigenvalue weighted by Crippen LogP contribution is -2.53. The van der Waals surface area contributed by atoms with Gasteiger partial charge in [0, 0.05) is 18.8 Å². The number of nitrogens with zero attached hydrogens (tertiary/aromatic N) is 1. The second-order valence-electron chi connectivity index (χ2n) is 10.2. The van der Waals surface area contributed by atoms with Gasteiger partial charge in [-0.05, 0) is 76.5 Å². The zero-order valence-electron chi connectivity index (χ0n) is 21.3. The molecule has 2 amide bonds. The van der Waals surface area contributed by atoms with Gasteiger partial charge in [0.15, 0.2) is 0 Å². The monoisotopic (exact) mass is 486 g/mol. The summed E-state index contributed by atoms with van der Waals surface area (Å²) in [5, 5.41) is 12.2. The number of likely N-dealkylation sites (tertiary alicyclic amines) is 1. The maximum atomic E-state index is 13.9. The zero-order chi connectivity index (χ0) is 25.4. The van der Waals surface area contributed by atoms with E-state index in [0.29, 0.717) is 44.3 Å². The minimum atomic E-state index is -1.05. The number of aliphatic hydroxyl groups is 1. The molecule has 3 aliphatic rings. The van der Waals surface area contributed by atoms with Crippen LogP contribution in [0.1, 0.15) is 63.5 Å². The Morgan fingerprint density at radius 2 is 1.97 bits per heavy atom. The summed E-state index contributed by atoms with van der Waals surface area (Å²) in [6.07, 6.45) is 3.77. The number of hydrogen-bond donors (Lipinski definition) is 2. The van der Waals surface area contributed by atoms with Crippen molar-refractivity contribution in [1.29, 1.82) is 0 Å². The molecule has 1 aromatic carbocycles. The molecule has 8 heteroatoms. The van der Waals surface area contributed by atoms with Gasteiger partial charge < -0.3 is 24.8 Å². The van der Waals surface area contributed by atoms with Crippen molar-refractivity contribution in [2.45, 2.75) is 83.5 Å². The number of nitrogens with one attached hydrogen (secondary N) is 1. The van der Waals surface area contributed by atoms with Crippen molar-refractivity contribution in [1.82, 2.24) is 4.90 Å². The summed E-state index contributed by atoms with van der Waals surface area (Å²) in [6, 6.07) is 5.04. The quantitative estimate of drug-likeness (QED) is 0.389. The van der Waals surface area contributed by atoms with E-state index in [9.17, 15) is 14.4 Å². The van der Waals surface area contributed by atoms with E-state index >= 15 is 0 Å². The van der Waals surface area contributed by atoms with E-state index in [0.717, 1.165) is 17.5 Å². The van der Waals surface area contributed by atoms with Crippen LogP contribution in [0.5, 0.6) is 0 Å². The molecule has 192 valence electrons. The van der Waals surface area contributed by atoms with Crippen molar-refractivity contribution in [2.24, 2.45) is 11.8 Å². The average Bonchev–Trinajstić information content (AvgIpc) is 3.43. The van der Waals surface area contributed by atoms with Gasteiger partial charge in [-0.25, -0.2) is 0 Å². The number of rotatable bonds is 10. The third kappa shape index (κ3) is 4.14. The summed E-state index contributed by atoms with van der Waals surface area (Å²) in [5.41, 5.74) is 0.831. The summed E-state index contributed by atoms with van der Waals surface area (Å²) in [7, 11) is 0. The van der Waals surface area contributed by atoms with Crippen molar-refractivity contribution >= 4 is 23.5 Å². The highest BCUT2D eigenvalue weighted by Gasteiger charge is 2.78. The standard InChI is InChI=1S/C27H38N2O6/c1-5-26-12-13-27(35-26)20(21(26)25(33)34-6-2)24(32)29(14-8-7-9-15-30)22(27)23(31)28-19-16-17(3)10-11-18(19)4/h10-11,16,20-22,30H,5-9,12-15H2,1-4H3,(H,28,31)/t20-,21-,22?,26+,27?/m0/s1. The van der Waals surface area contributed by atoms with Crippen LogP contribution >= 0.6 is 0 Å². The Balaban J connectivity index is 1.72. The Morgan fingerprint density at radius 1 is 1.20 bits per heavy atom. The maximum Gasteiger partial charge on any atom is 0.312 e. The van der Waals surface area contributed by atoms with E-state index in [-0.39, 0.29) is 25.0 Å². The molecule has 1 aromatic rings. The molecule has 2 bridgehead atoms. The number of aliphatic hydroxyl groups excluding tert-OH is 1. The van der Waals surface area contributed by atoms with Crippen molar-refractivity contribution < 1.29 is 29.0 Å². The molecule has 4 rings (SSSR count). The van der Waals surface area contributed by atoms with Crippen LogP contribution in [-0.2, 0) is 23.9 Å². The molecule has 0 aliphatic carbocycles. The summed E-state index contributed by atoms with van der Waals surface area (Å²) >= 11 is 0. The number of anilines is 1. The highest BCUT2D eigenvalue weighted by atomic mass is 16.6. The van der Waals surface area contributed by atoms with E-state index in [2.05, 4.69) is 5.32 Å². The Morgan fingerprint density at radius 3 is 2.66 bits per heavy atom. The Bertz CT molecular complexity index is 996. The molecule has 3 fully saturated rings. The van der Waals surface area contributed by atoms with Crippen molar-refractivity contribution in [3.63, 3.8) is 0 Å². The fraction of sp³-hybridized carbons (Fsp3) is 0.667. The van der Waals surface area contributed by atoms with E-state index in [1.54, 1.807) is 11.8 Å². The van der Waals surface area contributed by atoms with Gasteiger partial charge >= 0.3 is 5.97 Å². The first kappa shape index (κ1) is 25.6. The average molecular weight is 487 g/mol. The van der Waals surface area contributed by atoms with Gasteiger partial charge in [-0.15, -0.1) is 0 Å². The first-order chi connectivity index (χ1) is 16.7. The Labute approximate surface area is 207 Å².